The molecule has 0 aliphatic rings. The molecular formula is C17H20ClN5. The van der Waals surface area contributed by atoms with Crippen molar-refractivity contribution < 1.29 is 0 Å². The molecule has 0 radical (unpaired) electrons. The Balaban J connectivity index is 2.16. The second-order valence-corrected chi connectivity index (χ2v) is 6.20. The summed E-state index contributed by atoms with van der Waals surface area (Å²) in [6, 6.07) is 0. The fourth-order valence-corrected chi connectivity index (χ4v) is 3.12. The second kappa shape index (κ2) is 5.81. The Morgan fingerprint density at radius 1 is 1.17 bits per heavy atom. The summed E-state index contributed by atoms with van der Waals surface area (Å²) in [7, 11) is 0. The van der Waals surface area contributed by atoms with Gasteiger partial charge in [0.15, 0.2) is 0 Å². The number of anilines is 1. The Morgan fingerprint density at radius 3 is 2.61 bits per heavy atom. The summed E-state index contributed by atoms with van der Waals surface area (Å²) in [5.74, 6) is 0.189. The van der Waals surface area contributed by atoms with E-state index < -0.39 is 0 Å². The predicted octanol–water partition coefficient (Wildman–Crippen LogP) is 3.60. The number of nitrogen functional groups attached to an aromatic ring is 1. The maximum atomic E-state index is 6.28. The Labute approximate surface area is 140 Å². The largest absolute Gasteiger partial charge is 0.368 e. The fourth-order valence-electron chi connectivity index (χ4n) is 2.83. The van der Waals surface area contributed by atoms with E-state index in [0.29, 0.717) is 11.7 Å². The minimum absolute atomic E-state index is 0.189. The lowest BCUT2D eigenvalue weighted by Crippen LogP contribution is -2.06. The zero-order valence-corrected chi connectivity index (χ0v) is 14.6. The van der Waals surface area contributed by atoms with E-state index in [0.717, 1.165) is 28.7 Å². The maximum absolute atomic E-state index is 6.28. The highest BCUT2D eigenvalue weighted by atomic mass is 35.5. The van der Waals surface area contributed by atoms with Gasteiger partial charge in [0, 0.05) is 12.4 Å². The lowest BCUT2D eigenvalue weighted by atomic mass is 10.0. The number of aromatic nitrogens is 4. The van der Waals surface area contributed by atoms with E-state index in [9.17, 15) is 0 Å². The van der Waals surface area contributed by atoms with Gasteiger partial charge in [-0.25, -0.2) is 4.98 Å². The Hall–Kier alpha value is -2.14. The van der Waals surface area contributed by atoms with E-state index >= 15 is 0 Å². The fraction of sp³-hybridized carbons (Fsp3) is 0.353. The van der Waals surface area contributed by atoms with Crippen molar-refractivity contribution in [2.75, 3.05) is 5.73 Å². The van der Waals surface area contributed by atoms with Crippen LogP contribution in [0.15, 0.2) is 12.4 Å². The summed E-state index contributed by atoms with van der Waals surface area (Å²) >= 11 is 6.28. The molecule has 23 heavy (non-hydrogen) atoms. The molecule has 5 nitrogen and oxygen atoms in total. The highest BCUT2D eigenvalue weighted by Gasteiger charge is 2.16. The summed E-state index contributed by atoms with van der Waals surface area (Å²) in [6.45, 7) is 9.03. The van der Waals surface area contributed by atoms with Crippen LogP contribution in [0.1, 0.15) is 34.9 Å². The van der Waals surface area contributed by atoms with Crippen molar-refractivity contribution in [2.45, 2.75) is 40.7 Å². The van der Waals surface area contributed by atoms with Gasteiger partial charge in [-0.1, -0.05) is 18.5 Å². The van der Waals surface area contributed by atoms with Gasteiger partial charge in [-0.05, 0) is 49.4 Å². The molecule has 0 aromatic carbocycles. The minimum atomic E-state index is 0.189. The third-order valence-electron chi connectivity index (χ3n) is 4.47. The van der Waals surface area contributed by atoms with Crippen molar-refractivity contribution >= 4 is 28.6 Å². The SMILES string of the molecule is CCc1cn(Cc2ncc(C)c(C)c2C)c2nc(N)nc(Cl)c12. The molecule has 3 aromatic heterocycles. The van der Waals surface area contributed by atoms with E-state index in [1.54, 1.807) is 0 Å². The lowest BCUT2D eigenvalue weighted by molar-refractivity contribution is 0.782. The first-order valence-corrected chi connectivity index (χ1v) is 8.02. The molecule has 0 bridgehead atoms. The molecule has 0 saturated carbocycles. The molecule has 0 unspecified atom stereocenters. The lowest BCUT2D eigenvalue weighted by Gasteiger charge is -2.11. The first-order chi connectivity index (χ1) is 10.9. The summed E-state index contributed by atoms with van der Waals surface area (Å²) in [6.07, 6.45) is 4.84. The Kier molecular flexibility index (Phi) is 3.98. The molecule has 0 aliphatic heterocycles. The minimum Gasteiger partial charge on any atom is -0.368 e. The zero-order valence-electron chi connectivity index (χ0n) is 13.8. The van der Waals surface area contributed by atoms with Gasteiger partial charge in [0.25, 0.3) is 0 Å². The number of nitrogens with zero attached hydrogens (tertiary/aromatic N) is 4. The molecule has 3 aromatic rings. The van der Waals surface area contributed by atoms with Gasteiger partial charge < -0.3 is 10.3 Å². The number of hydrogen-bond acceptors (Lipinski definition) is 4. The molecule has 0 saturated heterocycles. The average molecular weight is 330 g/mol. The van der Waals surface area contributed by atoms with Crippen LogP contribution in [0.25, 0.3) is 11.0 Å². The normalized spacial score (nSPS) is 11.3. The van der Waals surface area contributed by atoms with Crippen molar-refractivity contribution in [1.29, 1.82) is 0 Å². The topological polar surface area (TPSA) is 69.6 Å². The smallest absolute Gasteiger partial charge is 0.223 e. The number of hydrogen-bond donors (Lipinski definition) is 1. The third-order valence-corrected chi connectivity index (χ3v) is 4.74. The number of pyridine rings is 1. The molecular weight excluding hydrogens is 310 g/mol. The number of halogens is 1. The van der Waals surface area contributed by atoms with Crippen molar-refractivity contribution in [3.8, 4) is 0 Å². The van der Waals surface area contributed by atoms with Gasteiger partial charge in [0.2, 0.25) is 5.95 Å². The molecule has 0 atom stereocenters. The second-order valence-electron chi connectivity index (χ2n) is 5.84. The van der Waals surface area contributed by atoms with Gasteiger partial charge in [-0.2, -0.15) is 4.98 Å². The molecule has 3 rings (SSSR count). The average Bonchev–Trinajstić information content (AvgIpc) is 2.86. The van der Waals surface area contributed by atoms with Crippen LogP contribution < -0.4 is 5.73 Å². The highest BCUT2D eigenvalue weighted by Crippen LogP contribution is 2.28. The number of rotatable bonds is 3. The van der Waals surface area contributed by atoms with Gasteiger partial charge in [0.1, 0.15) is 10.8 Å². The molecule has 2 N–H and O–H groups in total. The summed E-state index contributed by atoms with van der Waals surface area (Å²) in [5.41, 5.74) is 12.4. The van der Waals surface area contributed by atoms with E-state index in [1.807, 2.05) is 6.20 Å². The van der Waals surface area contributed by atoms with Crippen LogP contribution in [0.3, 0.4) is 0 Å². The van der Waals surface area contributed by atoms with Crippen molar-refractivity contribution in [2.24, 2.45) is 0 Å². The molecule has 0 spiro atoms. The van der Waals surface area contributed by atoms with E-state index in [1.165, 1.54) is 16.7 Å². The number of aryl methyl sites for hydroxylation is 2. The Morgan fingerprint density at radius 2 is 1.91 bits per heavy atom. The summed E-state index contributed by atoms with van der Waals surface area (Å²) in [4.78, 5) is 13.1. The Bertz CT molecular complexity index is 898. The molecule has 0 fully saturated rings. The number of nitrogens with two attached hydrogens (primary N) is 1. The third kappa shape index (κ3) is 2.65. The standard InChI is InChI=1S/C17H20ClN5/c1-5-12-7-23(16-14(12)15(18)21-17(19)22-16)8-13-11(4)10(3)9(2)6-20-13/h6-7H,5,8H2,1-4H3,(H2,19,21,22). The molecule has 3 heterocycles. The van der Waals surface area contributed by atoms with Gasteiger partial charge >= 0.3 is 0 Å². The zero-order chi connectivity index (χ0) is 16.7. The maximum Gasteiger partial charge on any atom is 0.223 e. The predicted molar refractivity (Wildman–Crippen MR) is 93.9 cm³/mol. The first-order valence-electron chi connectivity index (χ1n) is 7.64. The van der Waals surface area contributed by atoms with Crippen LogP contribution in [-0.2, 0) is 13.0 Å². The quantitative estimate of drug-likeness (QED) is 0.745. The molecule has 0 aliphatic carbocycles. The van der Waals surface area contributed by atoms with E-state index in [4.69, 9.17) is 17.3 Å². The first kappa shape index (κ1) is 15.7. The van der Waals surface area contributed by atoms with Crippen molar-refractivity contribution in [3.05, 3.63) is 45.5 Å². The molecule has 6 heteroatoms. The van der Waals surface area contributed by atoms with Crippen LogP contribution in [-0.4, -0.2) is 19.5 Å². The molecule has 120 valence electrons. The van der Waals surface area contributed by atoms with Crippen molar-refractivity contribution in [1.82, 2.24) is 19.5 Å². The van der Waals surface area contributed by atoms with Gasteiger partial charge in [0.05, 0.1) is 17.6 Å². The van der Waals surface area contributed by atoms with Crippen molar-refractivity contribution in [3.63, 3.8) is 0 Å². The monoisotopic (exact) mass is 329 g/mol. The van der Waals surface area contributed by atoms with Crippen LogP contribution in [0, 0.1) is 20.8 Å². The highest BCUT2D eigenvalue weighted by molar-refractivity contribution is 6.34. The molecule has 0 amide bonds. The van der Waals surface area contributed by atoms with E-state index in [2.05, 4.69) is 53.4 Å². The number of fused-ring (bicyclic) bond motifs is 1. The van der Waals surface area contributed by atoms with Crippen LogP contribution in [0.4, 0.5) is 5.95 Å². The van der Waals surface area contributed by atoms with Gasteiger partial charge in [-0.15, -0.1) is 0 Å². The van der Waals surface area contributed by atoms with Crippen LogP contribution >= 0.6 is 11.6 Å². The summed E-state index contributed by atoms with van der Waals surface area (Å²) < 4.78 is 2.06. The van der Waals surface area contributed by atoms with Crippen LogP contribution in [0.2, 0.25) is 5.15 Å². The van der Waals surface area contributed by atoms with Gasteiger partial charge in [-0.3, -0.25) is 4.98 Å². The van der Waals surface area contributed by atoms with Crippen LogP contribution in [0.5, 0.6) is 0 Å². The summed E-state index contributed by atoms with van der Waals surface area (Å²) in [5, 5.41) is 1.29. The van der Waals surface area contributed by atoms with E-state index in [-0.39, 0.29) is 5.95 Å².